The maximum atomic E-state index is 13.5. The molecular formula is C10H10F2N2O. The fourth-order valence-corrected chi connectivity index (χ4v) is 1.63. The first-order valence-corrected chi connectivity index (χ1v) is 4.52. The topological polar surface area (TPSA) is 62.0 Å². The molecule has 1 aromatic heterocycles. The minimum absolute atomic E-state index is 0.208. The van der Waals surface area contributed by atoms with Gasteiger partial charge in [0.1, 0.15) is 0 Å². The largest absolute Gasteiger partial charge is 0.503 e. The Morgan fingerprint density at radius 1 is 1.40 bits per heavy atom. The van der Waals surface area contributed by atoms with Gasteiger partial charge in [0.05, 0.1) is 5.52 Å². The number of hydrogen-bond donors (Lipinski definition) is 3. The zero-order valence-corrected chi connectivity index (χ0v) is 7.85. The van der Waals surface area contributed by atoms with Crippen molar-refractivity contribution < 1.29 is 13.9 Å². The first kappa shape index (κ1) is 9.92. The van der Waals surface area contributed by atoms with Gasteiger partial charge in [0.25, 0.3) is 0 Å². The first-order chi connectivity index (χ1) is 7.15. The molecule has 1 heterocycles. The van der Waals surface area contributed by atoms with Gasteiger partial charge in [0, 0.05) is 17.6 Å². The highest BCUT2D eigenvalue weighted by Gasteiger charge is 2.16. The van der Waals surface area contributed by atoms with Crippen LogP contribution in [0.5, 0.6) is 5.75 Å². The molecule has 2 aromatic rings. The van der Waals surface area contributed by atoms with Gasteiger partial charge in [-0.25, -0.2) is 8.78 Å². The van der Waals surface area contributed by atoms with Crippen molar-refractivity contribution >= 4 is 10.9 Å². The molecule has 0 amide bonds. The number of rotatable bonds is 2. The van der Waals surface area contributed by atoms with Crippen molar-refractivity contribution in [3.63, 3.8) is 0 Å². The lowest BCUT2D eigenvalue weighted by Gasteiger charge is -2.01. The molecule has 0 spiro atoms. The maximum Gasteiger partial charge on any atom is 0.188 e. The van der Waals surface area contributed by atoms with Crippen LogP contribution in [0.15, 0.2) is 12.3 Å². The van der Waals surface area contributed by atoms with Crippen LogP contribution in [0.25, 0.3) is 10.9 Å². The Hall–Kier alpha value is -1.62. The van der Waals surface area contributed by atoms with Gasteiger partial charge in [0.15, 0.2) is 17.4 Å². The van der Waals surface area contributed by atoms with Gasteiger partial charge >= 0.3 is 0 Å². The Labute approximate surface area is 84.5 Å². The molecule has 0 aliphatic carbocycles. The average molecular weight is 212 g/mol. The van der Waals surface area contributed by atoms with Crippen molar-refractivity contribution in [2.24, 2.45) is 5.73 Å². The minimum Gasteiger partial charge on any atom is -0.503 e. The third-order valence-corrected chi connectivity index (χ3v) is 2.33. The summed E-state index contributed by atoms with van der Waals surface area (Å²) in [5, 5.41) is 9.33. The second kappa shape index (κ2) is 3.51. The Balaban J connectivity index is 2.74. The zero-order valence-electron chi connectivity index (χ0n) is 7.85. The van der Waals surface area contributed by atoms with Gasteiger partial charge in [-0.3, -0.25) is 0 Å². The minimum atomic E-state index is -0.971. The average Bonchev–Trinajstić information content (AvgIpc) is 2.59. The van der Waals surface area contributed by atoms with Gasteiger partial charge in [0.2, 0.25) is 0 Å². The summed E-state index contributed by atoms with van der Waals surface area (Å²) in [4.78, 5) is 2.74. The van der Waals surface area contributed by atoms with Crippen molar-refractivity contribution in [1.82, 2.24) is 4.98 Å². The lowest BCUT2D eigenvalue weighted by atomic mass is 10.1. The zero-order chi connectivity index (χ0) is 11.0. The van der Waals surface area contributed by atoms with Gasteiger partial charge in [-0.2, -0.15) is 0 Å². The van der Waals surface area contributed by atoms with E-state index in [1.165, 1.54) is 0 Å². The molecule has 0 saturated heterocycles. The van der Waals surface area contributed by atoms with E-state index in [4.69, 9.17) is 10.8 Å². The number of halogens is 2. The Bertz CT molecular complexity index is 508. The highest BCUT2D eigenvalue weighted by molar-refractivity contribution is 5.85. The third-order valence-electron chi connectivity index (χ3n) is 2.33. The molecule has 0 radical (unpaired) electrons. The van der Waals surface area contributed by atoms with E-state index in [0.717, 1.165) is 6.07 Å². The molecule has 0 aliphatic heterocycles. The molecule has 80 valence electrons. The predicted molar refractivity (Wildman–Crippen MR) is 52.6 cm³/mol. The van der Waals surface area contributed by atoms with E-state index in [9.17, 15) is 8.78 Å². The number of benzene rings is 1. The van der Waals surface area contributed by atoms with Crippen molar-refractivity contribution in [3.05, 3.63) is 29.5 Å². The molecule has 3 nitrogen and oxygen atoms in total. The number of aromatic hydroxyl groups is 1. The molecule has 0 aliphatic rings. The van der Waals surface area contributed by atoms with Crippen LogP contribution in [-0.4, -0.2) is 16.6 Å². The van der Waals surface area contributed by atoms with Crippen LogP contribution in [-0.2, 0) is 6.42 Å². The Kier molecular flexibility index (Phi) is 2.32. The number of nitrogens with one attached hydrogen (secondary N) is 1. The van der Waals surface area contributed by atoms with Crippen LogP contribution >= 0.6 is 0 Å². The van der Waals surface area contributed by atoms with Gasteiger partial charge in [-0.05, 0) is 18.5 Å². The summed E-state index contributed by atoms with van der Waals surface area (Å²) < 4.78 is 26.5. The van der Waals surface area contributed by atoms with Gasteiger partial charge < -0.3 is 15.8 Å². The molecule has 0 bridgehead atoms. The number of phenolic OH excluding ortho intramolecular Hbond substituents is 1. The van der Waals surface area contributed by atoms with E-state index >= 15 is 0 Å². The summed E-state index contributed by atoms with van der Waals surface area (Å²) in [5.41, 5.74) is 6.32. The van der Waals surface area contributed by atoms with Crippen LogP contribution in [0.1, 0.15) is 5.56 Å². The predicted octanol–water partition coefficient (Wildman–Crippen LogP) is 1.65. The van der Waals surface area contributed by atoms with Crippen molar-refractivity contribution in [2.45, 2.75) is 6.42 Å². The van der Waals surface area contributed by atoms with E-state index in [2.05, 4.69) is 4.98 Å². The van der Waals surface area contributed by atoms with E-state index in [0.29, 0.717) is 24.0 Å². The smallest absolute Gasteiger partial charge is 0.188 e. The molecule has 0 fully saturated rings. The standard InChI is InChI=1S/C10H10F2N2O/c11-6-3-7-8(9(12)10(6)15)5(1-2-13)4-14-7/h3-4,14-15H,1-2,13H2. The van der Waals surface area contributed by atoms with Crippen LogP contribution in [0, 0.1) is 11.6 Å². The highest BCUT2D eigenvalue weighted by atomic mass is 19.1. The van der Waals surface area contributed by atoms with Crippen LogP contribution in [0.4, 0.5) is 8.78 Å². The van der Waals surface area contributed by atoms with E-state index in [1.54, 1.807) is 6.20 Å². The van der Waals surface area contributed by atoms with Crippen LogP contribution in [0.2, 0.25) is 0 Å². The number of fused-ring (bicyclic) bond motifs is 1. The second-order valence-corrected chi connectivity index (χ2v) is 3.30. The SMILES string of the molecule is NCCc1c[nH]c2cc(F)c(O)c(F)c12. The monoisotopic (exact) mass is 212 g/mol. The summed E-state index contributed by atoms with van der Waals surface area (Å²) in [6.07, 6.45) is 2.04. The first-order valence-electron chi connectivity index (χ1n) is 4.52. The molecule has 1 aromatic carbocycles. The van der Waals surface area contributed by atoms with Crippen molar-refractivity contribution in [3.8, 4) is 5.75 Å². The summed E-state index contributed by atoms with van der Waals surface area (Å²) in [6.45, 7) is 0.366. The van der Waals surface area contributed by atoms with E-state index in [-0.39, 0.29) is 5.39 Å². The number of aromatic amines is 1. The quantitative estimate of drug-likeness (QED) is 0.708. The van der Waals surface area contributed by atoms with E-state index < -0.39 is 17.4 Å². The summed E-state index contributed by atoms with van der Waals surface area (Å²) >= 11 is 0. The second-order valence-electron chi connectivity index (χ2n) is 3.30. The molecule has 0 unspecified atom stereocenters. The fraction of sp³-hybridized carbons (Fsp3) is 0.200. The Morgan fingerprint density at radius 2 is 2.13 bits per heavy atom. The molecular weight excluding hydrogens is 202 g/mol. The maximum absolute atomic E-state index is 13.5. The summed E-state index contributed by atoms with van der Waals surface area (Å²) in [5.74, 6) is -2.85. The number of aromatic nitrogens is 1. The summed E-state index contributed by atoms with van der Waals surface area (Å²) in [6, 6.07) is 1.06. The van der Waals surface area contributed by atoms with Crippen molar-refractivity contribution in [1.29, 1.82) is 0 Å². The lowest BCUT2D eigenvalue weighted by Crippen LogP contribution is -2.02. The van der Waals surface area contributed by atoms with Crippen molar-refractivity contribution in [2.75, 3.05) is 6.54 Å². The molecule has 2 rings (SSSR count). The van der Waals surface area contributed by atoms with E-state index in [1.807, 2.05) is 0 Å². The lowest BCUT2D eigenvalue weighted by molar-refractivity contribution is 0.400. The number of phenols is 1. The molecule has 0 saturated carbocycles. The fourth-order valence-electron chi connectivity index (χ4n) is 1.63. The molecule has 4 N–H and O–H groups in total. The number of H-pyrrole nitrogens is 1. The summed E-state index contributed by atoms with van der Waals surface area (Å²) in [7, 11) is 0. The van der Waals surface area contributed by atoms with Gasteiger partial charge in [-0.1, -0.05) is 0 Å². The molecule has 5 heteroatoms. The molecule has 15 heavy (non-hydrogen) atoms. The molecule has 0 atom stereocenters. The Morgan fingerprint density at radius 3 is 2.80 bits per heavy atom. The highest BCUT2D eigenvalue weighted by Crippen LogP contribution is 2.30. The van der Waals surface area contributed by atoms with Crippen LogP contribution < -0.4 is 5.73 Å². The third kappa shape index (κ3) is 1.45. The normalized spacial score (nSPS) is 11.1. The van der Waals surface area contributed by atoms with Gasteiger partial charge in [-0.15, -0.1) is 0 Å². The number of hydrogen-bond acceptors (Lipinski definition) is 2. The number of nitrogens with two attached hydrogens (primary N) is 1. The van der Waals surface area contributed by atoms with Crippen LogP contribution in [0.3, 0.4) is 0 Å².